The van der Waals surface area contributed by atoms with Gasteiger partial charge in [0.05, 0.1) is 0 Å². The highest BCUT2D eigenvalue weighted by molar-refractivity contribution is 7.07. The van der Waals surface area contributed by atoms with E-state index in [1.807, 2.05) is 22.9 Å². The fourth-order valence-electron chi connectivity index (χ4n) is 1.70. The summed E-state index contributed by atoms with van der Waals surface area (Å²) in [6, 6.07) is 7.37. The number of benzene rings is 1. The molecule has 0 aliphatic rings. The number of para-hydroxylation sites is 1. The van der Waals surface area contributed by atoms with Crippen LogP contribution < -0.4 is 10.1 Å². The monoisotopic (exact) mass is 279 g/mol. The van der Waals surface area contributed by atoms with Gasteiger partial charge in [-0.1, -0.05) is 26.0 Å². The molecule has 0 radical (unpaired) electrons. The van der Waals surface area contributed by atoms with Crippen molar-refractivity contribution in [3.05, 3.63) is 52.0 Å². The molecule has 2 rings (SSSR count). The van der Waals surface area contributed by atoms with E-state index in [1.54, 1.807) is 17.4 Å². The molecule has 19 heavy (non-hydrogen) atoms. The zero-order valence-corrected chi connectivity index (χ0v) is 12.0. The summed E-state index contributed by atoms with van der Waals surface area (Å²) in [5.41, 5.74) is 1.92. The SMILES string of the molecule is CC(C)NCc1cccc(F)c1OCc1ccsc1. The van der Waals surface area contributed by atoms with Gasteiger partial charge in [-0.3, -0.25) is 0 Å². The number of hydrogen-bond donors (Lipinski definition) is 1. The van der Waals surface area contributed by atoms with Crippen LogP contribution in [0.3, 0.4) is 0 Å². The normalized spacial score (nSPS) is 10.9. The third-order valence-electron chi connectivity index (χ3n) is 2.71. The molecule has 1 N–H and O–H groups in total. The largest absolute Gasteiger partial charge is 0.485 e. The van der Waals surface area contributed by atoms with Crippen LogP contribution in [-0.4, -0.2) is 6.04 Å². The minimum atomic E-state index is -0.307. The van der Waals surface area contributed by atoms with E-state index in [2.05, 4.69) is 19.2 Å². The Morgan fingerprint density at radius 1 is 1.32 bits per heavy atom. The molecule has 2 nitrogen and oxygen atoms in total. The molecule has 0 spiro atoms. The van der Waals surface area contributed by atoms with E-state index in [0.717, 1.165) is 11.1 Å². The summed E-state index contributed by atoms with van der Waals surface area (Å²) >= 11 is 1.61. The third kappa shape index (κ3) is 4.04. The van der Waals surface area contributed by atoms with Gasteiger partial charge < -0.3 is 10.1 Å². The average molecular weight is 279 g/mol. The van der Waals surface area contributed by atoms with E-state index >= 15 is 0 Å². The molecule has 1 aromatic heterocycles. The zero-order chi connectivity index (χ0) is 13.7. The Balaban J connectivity index is 2.08. The van der Waals surface area contributed by atoms with Crippen LogP contribution in [0.4, 0.5) is 4.39 Å². The van der Waals surface area contributed by atoms with Crippen molar-refractivity contribution in [1.29, 1.82) is 0 Å². The molecule has 0 saturated carbocycles. The Labute approximate surface area is 117 Å². The van der Waals surface area contributed by atoms with Crippen LogP contribution in [0.15, 0.2) is 35.0 Å². The summed E-state index contributed by atoms with van der Waals surface area (Å²) in [6.07, 6.45) is 0. The lowest BCUT2D eigenvalue weighted by Crippen LogP contribution is -2.22. The average Bonchev–Trinajstić information content (AvgIpc) is 2.88. The maximum absolute atomic E-state index is 13.9. The molecule has 0 fully saturated rings. The molecule has 0 atom stereocenters. The highest BCUT2D eigenvalue weighted by Crippen LogP contribution is 2.24. The highest BCUT2D eigenvalue weighted by Gasteiger charge is 2.10. The molecular formula is C15H18FNOS. The highest BCUT2D eigenvalue weighted by atomic mass is 32.1. The Hall–Kier alpha value is -1.39. The van der Waals surface area contributed by atoms with E-state index in [1.165, 1.54) is 6.07 Å². The molecule has 0 saturated heterocycles. The van der Waals surface area contributed by atoms with Crippen LogP contribution in [0.5, 0.6) is 5.75 Å². The maximum Gasteiger partial charge on any atom is 0.165 e. The van der Waals surface area contributed by atoms with Gasteiger partial charge in [-0.25, -0.2) is 4.39 Å². The van der Waals surface area contributed by atoms with Gasteiger partial charge >= 0.3 is 0 Å². The molecule has 1 heterocycles. The molecule has 2 aromatic rings. The van der Waals surface area contributed by atoms with Gasteiger partial charge in [0.2, 0.25) is 0 Å². The standard InChI is InChI=1S/C15H18FNOS/c1-11(2)17-8-13-4-3-5-14(16)15(13)18-9-12-6-7-19-10-12/h3-7,10-11,17H,8-9H2,1-2H3. The molecule has 102 valence electrons. The molecule has 0 amide bonds. The second-order valence-corrected chi connectivity index (χ2v) is 5.46. The van der Waals surface area contributed by atoms with Crippen molar-refractivity contribution in [3.63, 3.8) is 0 Å². The van der Waals surface area contributed by atoms with E-state index in [-0.39, 0.29) is 5.82 Å². The summed E-state index contributed by atoms with van der Waals surface area (Å²) in [7, 11) is 0. The predicted molar refractivity (Wildman–Crippen MR) is 77.0 cm³/mol. The maximum atomic E-state index is 13.9. The molecule has 4 heteroatoms. The lowest BCUT2D eigenvalue weighted by Gasteiger charge is -2.14. The number of rotatable bonds is 6. The fraction of sp³-hybridized carbons (Fsp3) is 0.333. The predicted octanol–water partition coefficient (Wildman–Crippen LogP) is 3.96. The van der Waals surface area contributed by atoms with Crippen molar-refractivity contribution in [1.82, 2.24) is 5.32 Å². The van der Waals surface area contributed by atoms with Crippen molar-refractivity contribution in [3.8, 4) is 5.75 Å². The van der Waals surface area contributed by atoms with Crippen LogP contribution >= 0.6 is 11.3 Å². The lowest BCUT2D eigenvalue weighted by atomic mass is 10.2. The second-order valence-electron chi connectivity index (χ2n) is 4.68. The molecule has 0 bridgehead atoms. The molecule has 0 aliphatic carbocycles. The van der Waals surface area contributed by atoms with Crippen molar-refractivity contribution < 1.29 is 9.13 Å². The van der Waals surface area contributed by atoms with Crippen LogP contribution in [0, 0.1) is 5.82 Å². The Kier molecular flexibility index (Phi) is 4.93. The Morgan fingerprint density at radius 2 is 2.16 bits per heavy atom. The summed E-state index contributed by atoms with van der Waals surface area (Å²) in [5.74, 6) is 0.0418. The smallest absolute Gasteiger partial charge is 0.165 e. The summed E-state index contributed by atoms with van der Waals surface area (Å²) in [6.45, 7) is 5.13. The van der Waals surface area contributed by atoms with Crippen molar-refractivity contribution in [2.45, 2.75) is 33.0 Å². The van der Waals surface area contributed by atoms with Gasteiger partial charge in [-0.2, -0.15) is 11.3 Å². The number of nitrogens with one attached hydrogen (secondary N) is 1. The van der Waals surface area contributed by atoms with Crippen LogP contribution in [0.1, 0.15) is 25.0 Å². The quantitative estimate of drug-likeness (QED) is 0.864. The first-order valence-electron chi connectivity index (χ1n) is 6.31. The van der Waals surface area contributed by atoms with Crippen molar-refractivity contribution in [2.24, 2.45) is 0 Å². The topological polar surface area (TPSA) is 21.3 Å². The summed E-state index contributed by atoms with van der Waals surface area (Å²) in [5, 5.41) is 7.27. The van der Waals surface area contributed by atoms with Gasteiger partial charge in [-0.05, 0) is 28.5 Å². The number of ether oxygens (including phenoxy) is 1. The van der Waals surface area contributed by atoms with E-state index < -0.39 is 0 Å². The van der Waals surface area contributed by atoms with Crippen LogP contribution in [-0.2, 0) is 13.2 Å². The van der Waals surface area contributed by atoms with Crippen molar-refractivity contribution in [2.75, 3.05) is 0 Å². The molecule has 0 aliphatic heterocycles. The summed E-state index contributed by atoms with van der Waals surface area (Å²) < 4.78 is 19.5. The first kappa shape index (κ1) is 14.0. The molecule has 0 unspecified atom stereocenters. The van der Waals surface area contributed by atoms with Gasteiger partial charge in [0.1, 0.15) is 6.61 Å². The zero-order valence-electron chi connectivity index (χ0n) is 11.2. The minimum Gasteiger partial charge on any atom is -0.485 e. The van der Waals surface area contributed by atoms with Crippen LogP contribution in [0.25, 0.3) is 0 Å². The number of halogens is 1. The fourth-order valence-corrected chi connectivity index (χ4v) is 2.35. The van der Waals surface area contributed by atoms with Gasteiger partial charge in [0, 0.05) is 18.2 Å². The van der Waals surface area contributed by atoms with Crippen LogP contribution in [0.2, 0.25) is 0 Å². The summed E-state index contributed by atoms with van der Waals surface area (Å²) in [4.78, 5) is 0. The van der Waals surface area contributed by atoms with E-state index in [9.17, 15) is 4.39 Å². The molecular weight excluding hydrogens is 261 g/mol. The van der Waals surface area contributed by atoms with Gasteiger partial charge in [-0.15, -0.1) is 0 Å². The van der Waals surface area contributed by atoms with E-state index in [4.69, 9.17) is 4.74 Å². The first-order chi connectivity index (χ1) is 9.16. The molecule has 1 aromatic carbocycles. The van der Waals surface area contributed by atoms with Crippen molar-refractivity contribution >= 4 is 11.3 Å². The third-order valence-corrected chi connectivity index (χ3v) is 3.44. The van der Waals surface area contributed by atoms with Gasteiger partial charge in [0.15, 0.2) is 11.6 Å². The first-order valence-corrected chi connectivity index (χ1v) is 7.25. The Morgan fingerprint density at radius 3 is 2.84 bits per heavy atom. The van der Waals surface area contributed by atoms with E-state index in [0.29, 0.717) is 24.9 Å². The number of hydrogen-bond acceptors (Lipinski definition) is 3. The number of thiophene rings is 1. The minimum absolute atomic E-state index is 0.307. The van der Waals surface area contributed by atoms with Gasteiger partial charge in [0.25, 0.3) is 0 Å². The lowest BCUT2D eigenvalue weighted by molar-refractivity contribution is 0.286. The Bertz CT molecular complexity index is 511. The second kappa shape index (κ2) is 6.68.